The monoisotopic (exact) mass is 352 g/mol. The van der Waals surface area contributed by atoms with Crippen molar-refractivity contribution in [3.05, 3.63) is 63.6 Å². The molecule has 4 heteroatoms. The first-order valence-corrected chi connectivity index (χ1v) is 8.64. The Morgan fingerprint density at radius 2 is 1.77 bits per heavy atom. The van der Waals surface area contributed by atoms with Crippen LogP contribution in [0.5, 0.6) is 0 Å². The van der Waals surface area contributed by atoms with Crippen molar-refractivity contribution >= 4 is 41.0 Å². The Bertz CT molecular complexity index is 681. The second-order valence-corrected chi connectivity index (χ2v) is 7.00. The molecule has 0 amide bonds. The van der Waals surface area contributed by atoms with E-state index in [2.05, 4.69) is 32.0 Å². The van der Waals surface area contributed by atoms with Gasteiger partial charge in [0, 0.05) is 9.79 Å². The van der Waals surface area contributed by atoms with Crippen LogP contribution in [-0.2, 0) is 0 Å². The third kappa shape index (κ3) is 4.08. The minimum Gasteiger partial charge on any atom is -0.392 e. The van der Waals surface area contributed by atoms with Crippen LogP contribution in [0.4, 0.5) is 0 Å². The molecule has 0 aliphatic rings. The van der Waals surface area contributed by atoms with E-state index in [0.717, 1.165) is 10.5 Å². The fourth-order valence-electron chi connectivity index (χ4n) is 2.10. The van der Waals surface area contributed by atoms with Gasteiger partial charge >= 0.3 is 0 Å². The Kier molecular flexibility index (Phi) is 6.39. The van der Waals surface area contributed by atoms with Crippen molar-refractivity contribution in [3.8, 4) is 0 Å². The summed E-state index contributed by atoms with van der Waals surface area (Å²) in [5.41, 5.74) is 2.10. The zero-order valence-corrected chi connectivity index (χ0v) is 14.8. The van der Waals surface area contributed by atoms with E-state index in [4.69, 9.17) is 28.3 Å². The second-order valence-electron chi connectivity index (χ2n) is 5.16. The fourth-order valence-corrected chi connectivity index (χ4v) is 3.81. The molecule has 2 aromatic rings. The maximum absolute atomic E-state index is 8.85. The normalized spacial score (nSPS) is 11.5. The molecule has 0 saturated carbocycles. The average molecular weight is 353 g/mol. The molecular weight excluding hydrogens is 335 g/mol. The van der Waals surface area contributed by atoms with Gasteiger partial charge in [-0.1, -0.05) is 85.2 Å². The summed E-state index contributed by atoms with van der Waals surface area (Å²) >= 11 is 14.4. The summed E-state index contributed by atoms with van der Waals surface area (Å²) in [6, 6.07) is 12.2. The number of hydrogen-bond acceptors (Lipinski definition) is 2. The molecule has 0 aliphatic heterocycles. The number of rotatable bonds is 5. The van der Waals surface area contributed by atoms with Gasteiger partial charge in [-0.05, 0) is 29.2 Å². The van der Waals surface area contributed by atoms with Gasteiger partial charge in [0.05, 0.1) is 16.7 Å². The smallest absolute Gasteiger partial charge is 0.0737 e. The molecule has 0 heterocycles. The Labute approximate surface area is 146 Å². The minimum atomic E-state index is -0.0216. The number of aliphatic hydroxyl groups is 1. The number of hydrogen-bond donors (Lipinski definition) is 1. The highest BCUT2D eigenvalue weighted by Gasteiger charge is 2.12. The SMILES string of the molecule is CC(C)c1ccccc1Sc1ccc(/C=C/CO)c(Cl)c1Cl. The van der Waals surface area contributed by atoms with Crippen LogP contribution in [-0.4, -0.2) is 11.7 Å². The van der Waals surface area contributed by atoms with E-state index in [1.54, 1.807) is 23.9 Å². The van der Waals surface area contributed by atoms with Crippen molar-refractivity contribution in [2.24, 2.45) is 0 Å². The predicted molar refractivity (Wildman–Crippen MR) is 97.2 cm³/mol. The lowest BCUT2D eigenvalue weighted by Crippen LogP contribution is -1.90. The van der Waals surface area contributed by atoms with Crippen LogP contribution in [0.1, 0.15) is 30.9 Å². The Morgan fingerprint density at radius 1 is 1.05 bits per heavy atom. The molecule has 0 aromatic heterocycles. The number of aliphatic hydroxyl groups excluding tert-OH is 1. The largest absolute Gasteiger partial charge is 0.392 e. The van der Waals surface area contributed by atoms with Gasteiger partial charge < -0.3 is 5.11 Å². The summed E-state index contributed by atoms with van der Waals surface area (Å²) in [5.74, 6) is 0.449. The molecule has 2 aromatic carbocycles. The molecule has 22 heavy (non-hydrogen) atoms. The van der Waals surface area contributed by atoms with Crippen LogP contribution >= 0.6 is 35.0 Å². The standard InChI is InChI=1S/C18H18Cl2OS/c1-12(2)14-7-3-4-8-15(14)22-16-10-9-13(6-5-11-21)17(19)18(16)20/h3-10,12,21H,11H2,1-2H3/b6-5+. The lowest BCUT2D eigenvalue weighted by atomic mass is 10.0. The van der Waals surface area contributed by atoms with E-state index in [1.807, 2.05) is 18.2 Å². The predicted octanol–water partition coefficient (Wildman–Crippen LogP) is 6.27. The number of halogens is 2. The highest BCUT2D eigenvalue weighted by molar-refractivity contribution is 7.99. The van der Waals surface area contributed by atoms with Crippen LogP contribution < -0.4 is 0 Å². The maximum Gasteiger partial charge on any atom is 0.0737 e. The molecular formula is C18H18Cl2OS. The van der Waals surface area contributed by atoms with E-state index in [9.17, 15) is 0 Å². The Balaban J connectivity index is 2.35. The fraction of sp³-hybridized carbons (Fsp3) is 0.222. The van der Waals surface area contributed by atoms with Crippen molar-refractivity contribution in [2.75, 3.05) is 6.61 Å². The third-order valence-corrected chi connectivity index (χ3v) is 5.40. The van der Waals surface area contributed by atoms with Crippen LogP contribution in [0.3, 0.4) is 0 Å². The van der Waals surface area contributed by atoms with E-state index in [1.165, 1.54) is 10.5 Å². The van der Waals surface area contributed by atoms with Crippen LogP contribution in [0.25, 0.3) is 6.08 Å². The zero-order valence-electron chi connectivity index (χ0n) is 12.5. The van der Waals surface area contributed by atoms with Gasteiger partial charge in [0.25, 0.3) is 0 Å². The quantitative estimate of drug-likeness (QED) is 0.683. The summed E-state index contributed by atoms with van der Waals surface area (Å²) < 4.78 is 0. The lowest BCUT2D eigenvalue weighted by Gasteiger charge is -2.13. The lowest BCUT2D eigenvalue weighted by molar-refractivity contribution is 0.343. The first-order valence-electron chi connectivity index (χ1n) is 7.06. The van der Waals surface area contributed by atoms with Gasteiger partial charge in [-0.2, -0.15) is 0 Å². The van der Waals surface area contributed by atoms with Crippen molar-refractivity contribution < 1.29 is 5.11 Å². The summed E-state index contributed by atoms with van der Waals surface area (Å²) in [6.07, 6.45) is 3.41. The van der Waals surface area contributed by atoms with Gasteiger partial charge in [0.1, 0.15) is 0 Å². The first-order chi connectivity index (χ1) is 10.5. The van der Waals surface area contributed by atoms with Crippen molar-refractivity contribution in [1.82, 2.24) is 0 Å². The molecule has 0 spiro atoms. The van der Waals surface area contributed by atoms with E-state index in [-0.39, 0.29) is 6.61 Å². The minimum absolute atomic E-state index is 0.0216. The van der Waals surface area contributed by atoms with Gasteiger partial charge in [-0.15, -0.1) is 0 Å². The molecule has 1 N–H and O–H groups in total. The first kappa shape index (κ1) is 17.4. The highest BCUT2D eigenvalue weighted by Crippen LogP contribution is 2.41. The van der Waals surface area contributed by atoms with Gasteiger partial charge in [0.2, 0.25) is 0 Å². The highest BCUT2D eigenvalue weighted by atomic mass is 35.5. The van der Waals surface area contributed by atoms with Crippen LogP contribution in [0.15, 0.2) is 52.3 Å². The van der Waals surface area contributed by atoms with Crippen LogP contribution in [0, 0.1) is 0 Å². The topological polar surface area (TPSA) is 20.2 Å². The van der Waals surface area contributed by atoms with E-state index >= 15 is 0 Å². The van der Waals surface area contributed by atoms with E-state index in [0.29, 0.717) is 16.0 Å². The van der Waals surface area contributed by atoms with Gasteiger partial charge in [-0.25, -0.2) is 0 Å². The third-order valence-electron chi connectivity index (χ3n) is 3.24. The molecule has 0 atom stereocenters. The van der Waals surface area contributed by atoms with Gasteiger partial charge in [0.15, 0.2) is 0 Å². The molecule has 1 nitrogen and oxygen atoms in total. The Morgan fingerprint density at radius 3 is 2.45 bits per heavy atom. The van der Waals surface area contributed by atoms with E-state index < -0.39 is 0 Å². The molecule has 0 radical (unpaired) electrons. The maximum atomic E-state index is 8.85. The molecule has 2 rings (SSSR count). The summed E-state index contributed by atoms with van der Waals surface area (Å²) in [7, 11) is 0. The summed E-state index contributed by atoms with van der Waals surface area (Å²) in [4.78, 5) is 2.12. The second kappa shape index (κ2) is 8.07. The zero-order chi connectivity index (χ0) is 16.1. The molecule has 0 fully saturated rings. The van der Waals surface area contributed by atoms with Crippen molar-refractivity contribution in [2.45, 2.75) is 29.6 Å². The molecule has 0 aliphatic carbocycles. The summed E-state index contributed by atoms with van der Waals surface area (Å²) in [6.45, 7) is 4.33. The van der Waals surface area contributed by atoms with Crippen molar-refractivity contribution in [1.29, 1.82) is 0 Å². The van der Waals surface area contributed by atoms with Gasteiger partial charge in [-0.3, -0.25) is 0 Å². The average Bonchev–Trinajstić information content (AvgIpc) is 2.51. The van der Waals surface area contributed by atoms with Crippen LogP contribution in [0.2, 0.25) is 10.0 Å². The number of benzene rings is 2. The molecule has 0 bridgehead atoms. The Hall–Kier alpha value is -0.930. The van der Waals surface area contributed by atoms with Crippen molar-refractivity contribution in [3.63, 3.8) is 0 Å². The molecule has 0 unspecified atom stereocenters. The molecule has 116 valence electrons. The summed E-state index contributed by atoms with van der Waals surface area (Å²) in [5, 5.41) is 9.91. The molecule has 0 saturated heterocycles.